The summed E-state index contributed by atoms with van der Waals surface area (Å²) < 4.78 is 19.3. The third kappa shape index (κ3) is 4.02. The second kappa shape index (κ2) is 7.22. The summed E-state index contributed by atoms with van der Waals surface area (Å²) in [5.41, 5.74) is 0.540. The van der Waals surface area contributed by atoms with Gasteiger partial charge in [-0.25, -0.2) is 4.39 Å². The van der Waals surface area contributed by atoms with Crippen LogP contribution in [0.25, 0.3) is 0 Å². The predicted octanol–water partition coefficient (Wildman–Crippen LogP) is 2.60. The van der Waals surface area contributed by atoms with Gasteiger partial charge < -0.3 is 10.1 Å². The van der Waals surface area contributed by atoms with E-state index in [1.165, 1.54) is 18.9 Å². The van der Waals surface area contributed by atoms with E-state index in [9.17, 15) is 4.39 Å². The minimum Gasteiger partial charge on any atom is -0.377 e. The van der Waals surface area contributed by atoms with Gasteiger partial charge in [-0.1, -0.05) is 12.1 Å². The summed E-state index contributed by atoms with van der Waals surface area (Å²) in [6.45, 7) is 3.05. The number of halogens is 1. The molecule has 102 valence electrons. The maximum Gasteiger partial charge on any atom is 0.146 e. The molecule has 1 aliphatic heterocycles. The molecule has 0 bridgehead atoms. The predicted molar refractivity (Wildman–Crippen MR) is 71.0 cm³/mol. The molecule has 1 atom stereocenters. The molecule has 1 fully saturated rings. The lowest BCUT2D eigenvalue weighted by Gasteiger charge is -2.22. The van der Waals surface area contributed by atoms with E-state index in [0.29, 0.717) is 18.1 Å². The van der Waals surface area contributed by atoms with E-state index in [2.05, 4.69) is 5.32 Å². The second-order valence-corrected chi connectivity index (χ2v) is 4.94. The van der Waals surface area contributed by atoms with Gasteiger partial charge in [0.05, 0.1) is 12.2 Å². The van der Waals surface area contributed by atoms with Crippen LogP contribution in [0.3, 0.4) is 0 Å². The van der Waals surface area contributed by atoms with Crippen LogP contribution in [0.2, 0.25) is 0 Å². The first-order valence-electron chi connectivity index (χ1n) is 6.77. The van der Waals surface area contributed by atoms with Crippen molar-refractivity contribution in [3.8, 4) is 6.07 Å². The largest absolute Gasteiger partial charge is 0.377 e. The van der Waals surface area contributed by atoms with Crippen LogP contribution in [0.5, 0.6) is 0 Å². The fourth-order valence-corrected chi connectivity index (χ4v) is 2.38. The van der Waals surface area contributed by atoms with Crippen molar-refractivity contribution in [3.05, 3.63) is 35.1 Å². The lowest BCUT2D eigenvalue weighted by atomic mass is 9.97. The lowest BCUT2D eigenvalue weighted by Crippen LogP contribution is -2.30. The molecule has 1 unspecified atom stereocenters. The standard InChI is InChI=1S/C15H19FN2O/c16-15-13(9-17)4-1-5-14(15)11-19-8-6-12-3-2-7-18-10-12/h1,4-5,12,18H,2-3,6-8,10-11H2. The van der Waals surface area contributed by atoms with Gasteiger partial charge in [0.2, 0.25) is 0 Å². The Morgan fingerprint density at radius 3 is 3.11 bits per heavy atom. The number of ether oxygens (including phenoxy) is 1. The summed E-state index contributed by atoms with van der Waals surface area (Å²) in [5, 5.41) is 12.1. The van der Waals surface area contributed by atoms with Crippen molar-refractivity contribution in [2.24, 2.45) is 5.92 Å². The Labute approximate surface area is 113 Å². The van der Waals surface area contributed by atoms with Gasteiger partial charge in [-0.3, -0.25) is 0 Å². The van der Waals surface area contributed by atoms with Crippen molar-refractivity contribution < 1.29 is 9.13 Å². The fourth-order valence-electron chi connectivity index (χ4n) is 2.38. The summed E-state index contributed by atoms with van der Waals surface area (Å²) in [6.07, 6.45) is 3.48. The molecule has 1 aromatic carbocycles. The van der Waals surface area contributed by atoms with E-state index in [-0.39, 0.29) is 12.2 Å². The highest BCUT2D eigenvalue weighted by molar-refractivity contribution is 5.34. The van der Waals surface area contributed by atoms with Gasteiger partial charge in [0.1, 0.15) is 11.9 Å². The monoisotopic (exact) mass is 262 g/mol. The number of rotatable bonds is 5. The lowest BCUT2D eigenvalue weighted by molar-refractivity contribution is 0.101. The summed E-state index contributed by atoms with van der Waals surface area (Å²) in [7, 11) is 0. The first kappa shape index (κ1) is 14.0. The molecule has 1 aromatic rings. The first-order valence-corrected chi connectivity index (χ1v) is 6.77. The molecule has 0 aliphatic carbocycles. The van der Waals surface area contributed by atoms with Crippen LogP contribution in [0, 0.1) is 23.1 Å². The zero-order chi connectivity index (χ0) is 13.5. The van der Waals surface area contributed by atoms with Gasteiger partial charge in [0, 0.05) is 12.2 Å². The molecule has 1 saturated heterocycles. The highest BCUT2D eigenvalue weighted by Gasteiger charge is 2.13. The molecular formula is C15H19FN2O. The topological polar surface area (TPSA) is 45.0 Å². The Morgan fingerprint density at radius 1 is 1.47 bits per heavy atom. The zero-order valence-electron chi connectivity index (χ0n) is 11.0. The quantitative estimate of drug-likeness (QED) is 0.830. The van der Waals surface area contributed by atoms with Gasteiger partial charge in [0.15, 0.2) is 0 Å². The normalized spacial score (nSPS) is 19.1. The Balaban J connectivity index is 1.75. The minimum absolute atomic E-state index is 0.0811. The summed E-state index contributed by atoms with van der Waals surface area (Å²) >= 11 is 0. The van der Waals surface area contributed by atoms with Crippen molar-refractivity contribution in [1.82, 2.24) is 5.32 Å². The van der Waals surface area contributed by atoms with Crippen molar-refractivity contribution in [2.75, 3.05) is 19.7 Å². The van der Waals surface area contributed by atoms with Crippen LogP contribution in [-0.4, -0.2) is 19.7 Å². The molecule has 0 saturated carbocycles. The number of nitriles is 1. The molecule has 0 aromatic heterocycles. The van der Waals surface area contributed by atoms with Gasteiger partial charge in [0.25, 0.3) is 0 Å². The molecule has 19 heavy (non-hydrogen) atoms. The summed E-state index contributed by atoms with van der Waals surface area (Å²) in [6, 6.07) is 6.67. The van der Waals surface area contributed by atoms with Crippen LogP contribution in [-0.2, 0) is 11.3 Å². The van der Waals surface area contributed by atoms with Crippen LogP contribution < -0.4 is 5.32 Å². The molecule has 4 heteroatoms. The van der Waals surface area contributed by atoms with E-state index in [4.69, 9.17) is 10.00 Å². The van der Waals surface area contributed by atoms with Gasteiger partial charge in [-0.2, -0.15) is 5.26 Å². The van der Waals surface area contributed by atoms with Crippen molar-refractivity contribution in [1.29, 1.82) is 5.26 Å². The Hall–Kier alpha value is -1.44. The molecule has 1 N–H and O–H groups in total. The molecule has 3 nitrogen and oxygen atoms in total. The smallest absolute Gasteiger partial charge is 0.146 e. The first-order chi connectivity index (χ1) is 9.31. The SMILES string of the molecule is N#Cc1cccc(COCCC2CCCNC2)c1F. The van der Waals surface area contributed by atoms with Crippen LogP contribution >= 0.6 is 0 Å². The second-order valence-electron chi connectivity index (χ2n) is 4.94. The molecular weight excluding hydrogens is 243 g/mol. The zero-order valence-corrected chi connectivity index (χ0v) is 11.0. The molecule has 1 heterocycles. The number of nitrogens with zero attached hydrogens (tertiary/aromatic N) is 1. The average molecular weight is 262 g/mol. The summed E-state index contributed by atoms with van der Waals surface area (Å²) in [4.78, 5) is 0. The Kier molecular flexibility index (Phi) is 5.31. The summed E-state index contributed by atoms with van der Waals surface area (Å²) in [5.74, 6) is 0.216. The number of benzene rings is 1. The maximum absolute atomic E-state index is 13.7. The van der Waals surface area contributed by atoms with Crippen molar-refractivity contribution in [3.63, 3.8) is 0 Å². The van der Waals surface area contributed by atoms with Crippen molar-refractivity contribution in [2.45, 2.75) is 25.9 Å². The number of nitrogens with one attached hydrogen (secondary N) is 1. The average Bonchev–Trinajstić information content (AvgIpc) is 2.46. The number of piperidine rings is 1. The van der Waals surface area contributed by atoms with E-state index in [1.54, 1.807) is 12.1 Å². The van der Waals surface area contributed by atoms with Crippen molar-refractivity contribution >= 4 is 0 Å². The highest BCUT2D eigenvalue weighted by Crippen LogP contribution is 2.16. The molecule has 2 rings (SSSR count). The van der Waals surface area contributed by atoms with Gasteiger partial charge in [-0.15, -0.1) is 0 Å². The highest BCUT2D eigenvalue weighted by atomic mass is 19.1. The van der Waals surface area contributed by atoms with E-state index in [1.807, 2.05) is 6.07 Å². The fraction of sp³-hybridized carbons (Fsp3) is 0.533. The van der Waals surface area contributed by atoms with Crippen LogP contribution in [0.4, 0.5) is 4.39 Å². The molecule has 0 amide bonds. The third-order valence-electron chi connectivity index (χ3n) is 3.53. The van der Waals surface area contributed by atoms with E-state index in [0.717, 1.165) is 19.5 Å². The van der Waals surface area contributed by atoms with Crippen LogP contribution in [0.1, 0.15) is 30.4 Å². The number of hydrogen-bond acceptors (Lipinski definition) is 3. The molecule has 0 radical (unpaired) electrons. The minimum atomic E-state index is -0.454. The van der Waals surface area contributed by atoms with E-state index >= 15 is 0 Å². The Morgan fingerprint density at radius 2 is 2.37 bits per heavy atom. The molecule has 0 spiro atoms. The van der Waals surface area contributed by atoms with E-state index < -0.39 is 5.82 Å². The number of hydrogen-bond donors (Lipinski definition) is 1. The third-order valence-corrected chi connectivity index (χ3v) is 3.53. The Bertz CT molecular complexity index is 450. The maximum atomic E-state index is 13.7. The van der Waals surface area contributed by atoms with Crippen LogP contribution in [0.15, 0.2) is 18.2 Å². The van der Waals surface area contributed by atoms with Gasteiger partial charge in [-0.05, 0) is 44.3 Å². The molecule has 1 aliphatic rings. The van der Waals surface area contributed by atoms with Gasteiger partial charge >= 0.3 is 0 Å².